The number of pyridine rings is 1. The number of fused-ring (bicyclic) bond motifs is 1. The van der Waals surface area contributed by atoms with Crippen molar-refractivity contribution >= 4 is 5.65 Å². The Morgan fingerprint density at radius 3 is 2.68 bits per heavy atom. The Balaban J connectivity index is 2.21. The molecule has 0 aliphatic heterocycles. The van der Waals surface area contributed by atoms with Crippen LogP contribution in [0.4, 0.5) is 13.2 Å². The summed E-state index contributed by atoms with van der Waals surface area (Å²) in [5.74, 6) is 0. The molecule has 3 heterocycles. The van der Waals surface area contributed by atoms with E-state index in [0.29, 0.717) is 5.65 Å². The molecule has 0 spiro atoms. The second-order valence-electron chi connectivity index (χ2n) is 3.87. The van der Waals surface area contributed by atoms with E-state index >= 15 is 0 Å². The molecule has 3 aromatic heterocycles. The molecule has 96 valence electrons. The molecule has 0 atom stereocenters. The van der Waals surface area contributed by atoms with Gasteiger partial charge >= 0.3 is 6.18 Å². The van der Waals surface area contributed by atoms with E-state index in [-0.39, 0.29) is 11.3 Å². The maximum Gasteiger partial charge on any atom is 0.418 e. The Morgan fingerprint density at radius 2 is 1.89 bits per heavy atom. The quantitative estimate of drug-likeness (QED) is 0.678. The fourth-order valence-corrected chi connectivity index (χ4v) is 1.80. The van der Waals surface area contributed by atoms with Crippen LogP contribution in [0.15, 0.2) is 43.0 Å². The van der Waals surface area contributed by atoms with Crippen molar-refractivity contribution in [2.75, 3.05) is 0 Å². The zero-order valence-electron chi connectivity index (χ0n) is 9.46. The fraction of sp³-hybridized carbons (Fsp3) is 0.0833. The van der Waals surface area contributed by atoms with Gasteiger partial charge in [-0.25, -0.2) is 9.50 Å². The molecule has 0 radical (unpaired) electrons. The van der Waals surface area contributed by atoms with Crippen LogP contribution in [-0.4, -0.2) is 19.6 Å². The topological polar surface area (TPSA) is 43.1 Å². The molecule has 0 amide bonds. The predicted octanol–water partition coefficient (Wildman–Crippen LogP) is 2.81. The van der Waals surface area contributed by atoms with Crippen LogP contribution < -0.4 is 0 Å². The number of hydrogen-bond donors (Lipinski definition) is 0. The normalized spacial score (nSPS) is 11.9. The van der Waals surface area contributed by atoms with Crippen LogP contribution in [0, 0.1) is 0 Å². The molecule has 0 bridgehead atoms. The zero-order valence-corrected chi connectivity index (χ0v) is 9.46. The van der Waals surface area contributed by atoms with Crippen LogP contribution in [0.2, 0.25) is 0 Å². The summed E-state index contributed by atoms with van der Waals surface area (Å²) < 4.78 is 40.1. The third kappa shape index (κ3) is 2.03. The van der Waals surface area contributed by atoms with E-state index < -0.39 is 11.7 Å². The van der Waals surface area contributed by atoms with Gasteiger partial charge in [0.2, 0.25) is 0 Å². The number of alkyl halides is 3. The number of aromatic nitrogens is 4. The first-order valence-corrected chi connectivity index (χ1v) is 5.38. The molecule has 0 saturated carbocycles. The molecular weight excluding hydrogens is 257 g/mol. The first-order chi connectivity index (χ1) is 9.05. The second kappa shape index (κ2) is 4.04. The molecule has 0 aromatic carbocycles. The van der Waals surface area contributed by atoms with E-state index in [2.05, 4.69) is 15.1 Å². The maximum absolute atomic E-state index is 12.9. The van der Waals surface area contributed by atoms with Crippen LogP contribution >= 0.6 is 0 Å². The second-order valence-corrected chi connectivity index (χ2v) is 3.87. The monoisotopic (exact) mass is 264 g/mol. The lowest BCUT2D eigenvalue weighted by molar-refractivity contribution is -0.137. The lowest BCUT2D eigenvalue weighted by Gasteiger charge is -2.11. The highest BCUT2D eigenvalue weighted by atomic mass is 19.4. The third-order valence-corrected chi connectivity index (χ3v) is 2.63. The SMILES string of the molecule is FC(F)(F)c1cccnc1-c1cnc2ccnn2c1. The van der Waals surface area contributed by atoms with Crippen molar-refractivity contribution in [1.29, 1.82) is 0 Å². The summed E-state index contributed by atoms with van der Waals surface area (Å²) in [5.41, 5.74) is -0.111. The van der Waals surface area contributed by atoms with E-state index in [0.717, 1.165) is 6.07 Å². The van der Waals surface area contributed by atoms with E-state index in [4.69, 9.17) is 0 Å². The molecule has 0 N–H and O–H groups in total. The van der Waals surface area contributed by atoms with E-state index in [9.17, 15) is 13.2 Å². The van der Waals surface area contributed by atoms with Crippen LogP contribution in [-0.2, 0) is 6.18 Å². The molecule has 0 fully saturated rings. The standard InChI is InChI=1S/C12H7F3N4/c13-12(14,15)9-2-1-4-16-11(9)8-6-17-10-3-5-18-19(10)7-8/h1-7H. The van der Waals surface area contributed by atoms with Crippen LogP contribution in [0.5, 0.6) is 0 Å². The van der Waals surface area contributed by atoms with Gasteiger partial charge in [0, 0.05) is 30.2 Å². The van der Waals surface area contributed by atoms with Gasteiger partial charge in [-0.1, -0.05) is 0 Å². The van der Waals surface area contributed by atoms with Crippen LogP contribution in [0.3, 0.4) is 0 Å². The Kier molecular flexibility index (Phi) is 2.48. The predicted molar refractivity (Wildman–Crippen MR) is 61.2 cm³/mol. The molecule has 0 aliphatic rings. The van der Waals surface area contributed by atoms with Crippen molar-refractivity contribution in [2.24, 2.45) is 0 Å². The number of hydrogen-bond acceptors (Lipinski definition) is 3. The third-order valence-electron chi connectivity index (χ3n) is 2.63. The van der Waals surface area contributed by atoms with Gasteiger partial charge < -0.3 is 0 Å². The van der Waals surface area contributed by atoms with Crippen molar-refractivity contribution < 1.29 is 13.2 Å². The van der Waals surface area contributed by atoms with Gasteiger partial charge in [0.15, 0.2) is 5.65 Å². The summed E-state index contributed by atoms with van der Waals surface area (Å²) in [5, 5.41) is 3.94. The Labute approximate surface area is 105 Å². The average Bonchev–Trinajstić information content (AvgIpc) is 2.85. The molecule has 4 nitrogen and oxygen atoms in total. The molecule has 0 unspecified atom stereocenters. The minimum Gasteiger partial charge on any atom is -0.256 e. The zero-order chi connectivity index (χ0) is 13.5. The molecule has 7 heteroatoms. The first-order valence-electron chi connectivity index (χ1n) is 5.38. The minimum atomic E-state index is -4.46. The molecular formula is C12H7F3N4. The Bertz CT molecular complexity index is 733. The van der Waals surface area contributed by atoms with Crippen molar-refractivity contribution in [2.45, 2.75) is 6.18 Å². The molecule has 3 rings (SSSR count). The van der Waals surface area contributed by atoms with Crippen molar-refractivity contribution in [3.05, 3.63) is 48.5 Å². The van der Waals surface area contributed by atoms with Gasteiger partial charge in [-0.15, -0.1) is 0 Å². The maximum atomic E-state index is 12.9. The van der Waals surface area contributed by atoms with E-state index in [1.165, 1.54) is 35.4 Å². The first kappa shape index (κ1) is 11.6. The number of nitrogens with zero attached hydrogens (tertiary/aromatic N) is 4. The summed E-state index contributed by atoms with van der Waals surface area (Å²) >= 11 is 0. The largest absolute Gasteiger partial charge is 0.418 e. The van der Waals surface area contributed by atoms with Crippen molar-refractivity contribution in [1.82, 2.24) is 19.6 Å². The summed E-state index contributed by atoms with van der Waals surface area (Å²) in [4.78, 5) is 7.84. The van der Waals surface area contributed by atoms with Gasteiger partial charge in [-0.2, -0.15) is 18.3 Å². The molecule has 0 aliphatic carbocycles. The minimum absolute atomic E-state index is 0.153. The van der Waals surface area contributed by atoms with E-state index in [1.807, 2.05) is 0 Å². The van der Waals surface area contributed by atoms with Crippen molar-refractivity contribution in [3.8, 4) is 11.3 Å². The lowest BCUT2D eigenvalue weighted by Crippen LogP contribution is -2.08. The average molecular weight is 264 g/mol. The Morgan fingerprint density at radius 1 is 1.05 bits per heavy atom. The van der Waals surface area contributed by atoms with Gasteiger partial charge in [-0.3, -0.25) is 4.98 Å². The Hall–Kier alpha value is -2.44. The molecule has 0 saturated heterocycles. The highest BCUT2D eigenvalue weighted by Gasteiger charge is 2.34. The van der Waals surface area contributed by atoms with Gasteiger partial charge in [0.25, 0.3) is 0 Å². The van der Waals surface area contributed by atoms with Gasteiger partial charge in [-0.05, 0) is 12.1 Å². The number of halogens is 3. The number of rotatable bonds is 1. The highest BCUT2D eigenvalue weighted by Crippen LogP contribution is 2.35. The van der Waals surface area contributed by atoms with Gasteiger partial charge in [0.05, 0.1) is 17.5 Å². The fourth-order valence-electron chi connectivity index (χ4n) is 1.80. The summed E-state index contributed by atoms with van der Waals surface area (Å²) in [6.07, 6.45) is 1.21. The highest BCUT2D eigenvalue weighted by molar-refractivity contribution is 5.63. The molecule has 19 heavy (non-hydrogen) atoms. The summed E-state index contributed by atoms with van der Waals surface area (Å²) in [6.45, 7) is 0. The lowest BCUT2D eigenvalue weighted by atomic mass is 10.1. The van der Waals surface area contributed by atoms with E-state index in [1.54, 1.807) is 6.07 Å². The van der Waals surface area contributed by atoms with Crippen LogP contribution in [0.1, 0.15) is 5.56 Å². The van der Waals surface area contributed by atoms with Crippen molar-refractivity contribution in [3.63, 3.8) is 0 Å². The molecule has 3 aromatic rings. The van der Waals surface area contributed by atoms with Crippen LogP contribution in [0.25, 0.3) is 16.9 Å². The smallest absolute Gasteiger partial charge is 0.256 e. The summed E-state index contributed by atoms with van der Waals surface area (Å²) in [6, 6.07) is 3.91. The van der Waals surface area contributed by atoms with Gasteiger partial charge in [0.1, 0.15) is 0 Å². The summed E-state index contributed by atoms with van der Waals surface area (Å²) in [7, 11) is 0.